The lowest BCUT2D eigenvalue weighted by Gasteiger charge is -2.12. The van der Waals surface area contributed by atoms with Gasteiger partial charge < -0.3 is 0 Å². The van der Waals surface area contributed by atoms with Crippen molar-refractivity contribution in [3.63, 3.8) is 0 Å². The van der Waals surface area contributed by atoms with Gasteiger partial charge in [-0.2, -0.15) is 0 Å². The van der Waals surface area contributed by atoms with Crippen molar-refractivity contribution in [3.8, 4) is 33.6 Å². The third kappa shape index (κ3) is 3.11. The van der Waals surface area contributed by atoms with Crippen molar-refractivity contribution in [2.45, 2.75) is 13.8 Å². The maximum absolute atomic E-state index is 4.56. The molecule has 0 fully saturated rings. The second-order valence-corrected chi connectivity index (χ2v) is 7.41. The maximum Gasteiger partial charge on any atom is 0.169 e. The Balaban J connectivity index is 1.82. The van der Waals surface area contributed by atoms with Gasteiger partial charge in [0.05, 0.1) is 0 Å². The lowest BCUT2D eigenvalue weighted by atomic mass is 9.98. The highest BCUT2D eigenvalue weighted by atomic mass is 15.2. The number of hydrogen-bond acceptors (Lipinski definition) is 2. The molecule has 2 aromatic heterocycles. The van der Waals surface area contributed by atoms with Crippen LogP contribution in [0.1, 0.15) is 11.1 Å². The lowest BCUT2D eigenvalue weighted by molar-refractivity contribution is 1.11. The second kappa shape index (κ2) is 7.02. The van der Waals surface area contributed by atoms with Crippen molar-refractivity contribution < 1.29 is 0 Å². The third-order valence-electron chi connectivity index (χ3n) is 5.36. The number of nitrogens with zero attached hydrogens (tertiary/aromatic N) is 3. The first kappa shape index (κ1) is 17.4. The highest BCUT2D eigenvalue weighted by Crippen LogP contribution is 2.33. The maximum atomic E-state index is 4.56. The minimum atomic E-state index is 0.851. The summed E-state index contributed by atoms with van der Waals surface area (Å²) >= 11 is 0. The molecule has 0 saturated carbocycles. The Labute approximate surface area is 170 Å². The van der Waals surface area contributed by atoms with Crippen molar-refractivity contribution in [1.82, 2.24) is 14.6 Å². The molecular weight excluding hydrogens is 354 g/mol. The molecule has 3 aromatic carbocycles. The van der Waals surface area contributed by atoms with Crippen LogP contribution < -0.4 is 0 Å². The number of benzene rings is 3. The molecule has 5 rings (SSSR count). The van der Waals surface area contributed by atoms with Gasteiger partial charge in [-0.15, -0.1) is 10.2 Å². The van der Waals surface area contributed by atoms with Crippen molar-refractivity contribution in [2.24, 2.45) is 0 Å². The van der Waals surface area contributed by atoms with Crippen LogP contribution in [-0.4, -0.2) is 14.6 Å². The minimum absolute atomic E-state index is 0.851. The lowest BCUT2D eigenvalue weighted by Crippen LogP contribution is -1.95. The van der Waals surface area contributed by atoms with Gasteiger partial charge in [0.2, 0.25) is 0 Å². The summed E-state index contributed by atoms with van der Waals surface area (Å²) in [5, 5.41) is 9.10. The number of pyridine rings is 1. The van der Waals surface area contributed by atoms with Crippen LogP contribution in [0.5, 0.6) is 0 Å². The molecule has 0 radical (unpaired) electrons. The highest BCUT2D eigenvalue weighted by molar-refractivity contribution is 5.84. The Kier molecular flexibility index (Phi) is 4.21. The summed E-state index contributed by atoms with van der Waals surface area (Å²) in [6.45, 7) is 4.25. The van der Waals surface area contributed by atoms with Crippen molar-refractivity contribution in [3.05, 3.63) is 102 Å². The predicted octanol–water partition coefficient (Wildman–Crippen LogP) is 6.35. The quantitative estimate of drug-likeness (QED) is 0.368. The normalized spacial score (nSPS) is 11.1. The van der Waals surface area contributed by atoms with Crippen LogP contribution in [0.15, 0.2) is 91.1 Å². The smallest absolute Gasteiger partial charge is 0.169 e. The van der Waals surface area contributed by atoms with Crippen LogP contribution in [0, 0.1) is 13.8 Å². The van der Waals surface area contributed by atoms with Crippen LogP contribution in [0.25, 0.3) is 39.3 Å². The molecule has 0 saturated heterocycles. The largest absolute Gasteiger partial charge is 0.281 e. The van der Waals surface area contributed by atoms with E-state index in [0.29, 0.717) is 0 Å². The molecule has 0 aliphatic carbocycles. The Hall–Kier alpha value is -3.72. The molecule has 0 aliphatic heterocycles. The van der Waals surface area contributed by atoms with Gasteiger partial charge in [-0.05, 0) is 42.2 Å². The molecule has 0 spiro atoms. The summed E-state index contributed by atoms with van der Waals surface area (Å²) in [5.41, 5.74) is 9.01. The van der Waals surface area contributed by atoms with E-state index >= 15 is 0 Å². The predicted molar refractivity (Wildman–Crippen MR) is 119 cm³/mol. The Morgan fingerprint density at radius 3 is 2.10 bits per heavy atom. The molecule has 0 amide bonds. The fourth-order valence-electron chi connectivity index (χ4n) is 3.77. The van der Waals surface area contributed by atoms with Gasteiger partial charge >= 0.3 is 0 Å². The molecule has 3 heteroatoms. The molecule has 2 heterocycles. The molecule has 0 unspecified atom stereocenters. The molecule has 140 valence electrons. The van der Waals surface area contributed by atoms with E-state index in [1.165, 1.54) is 16.7 Å². The highest BCUT2D eigenvalue weighted by Gasteiger charge is 2.15. The van der Waals surface area contributed by atoms with Crippen LogP contribution >= 0.6 is 0 Å². The van der Waals surface area contributed by atoms with Gasteiger partial charge in [-0.25, -0.2) is 0 Å². The summed E-state index contributed by atoms with van der Waals surface area (Å²) in [4.78, 5) is 0. The summed E-state index contributed by atoms with van der Waals surface area (Å²) in [5.74, 6) is 0.851. The SMILES string of the molecule is Cc1ccc(-c2cc(-c3ccccc3C)cn3c(-c4ccccc4)nnc23)cc1. The Bertz CT molecular complexity index is 1300. The van der Waals surface area contributed by atoms with Crippen molar-refractivity contribution in [1.29, 1.82) is 0 Å². The van der Waals surface area contributed by atoms with Crippen LogP contribution in [-0.2, 0) is 0 Å². The second-order valence-electron chi connectivity index (χ2n) is 7.41. The first-order valence-electron chi connectivity index (χ1n) is 9.78. The number of fused-ring (bicyclic) bond motifs is 1. The van der Waals surface area contributed by atoms with E-state index in [2.05, 4.69) is 101 Å². The zero-order chi connectivity index (χ0) is 19.8. The van der Waals surface area contributed by atoms with E-state index in [1.54, 1.807) is 0 Å². The molecular formula is C26H21N3. The zero-order valence-electron chi connectivity index (χ0n) is 16.5. The van der Waals surface area contributed by atoms with Gasteiger partial charge in [0, 0.05) is 17.3 Å². The first-order chi connectivity index (χ1) is 14.2. The average molecular weight is 375 g/mol. The van der Waals surface area contributed by atoms with Crippen LogP contribution in [0.4, 0.5) is 0 Å². The van der Waals surface area contributed by atoms with E-state index in [4.69, 9.17) is 0 Å². The van der Waals surface area contributed by atoms with Gasteiger partial charge in [0.15, 0.2) is 11.5 Å². The number of hydrogen-bond donors (Lipinski definition) is 0. The number of aromatic nitrogens is 3. The molecule has 5 aromatic rings. The summed E-state index contributed by atoms with van der Waals surface area (Å²) < 4.78 is 2.12. The first-order valence-corrected chi connectivity index (χ1v) is 9.78. The van der Waals surface area contributed by atoms with Crippen LogP contribution in [0.3, 0.4) is 0 Å². The molecule has 3 nitrogen and oxygen atoms in total. The average Bonchev–Trinajstić information content (AvgIpc) is 3.19. The molecule has 0 N–H and O–H groups in total. The van der Waals surface area contributed by atoms with Gasteiger partial charge in [-0.3, -0.25) is 4.40 Å². The van der Waals surface area contributed by atoms with Crippen LogP contribution in [0.2, 0.25) is 0 Å². The van der Waals surface area contributed by atoms with Crippen molar-refractivity contribution in [2.75, 3.05) is 0 Å². The Morgan fingerprint density at radius 1 is 0.621 bits per heavy atom. The number of aryl methyl sites for hydroxylation is 2. The minimum Gasteiger partial charge on any atom is -0.281 e. The van der Waals surface area contributed by atoms with E-state index in [0.717, 1.165) is 33.7 Å². The number of rotatable bonds is 3. The monoisotopic (exact) mass is 375 g/mol. The fourth-order valence-corrected chi connectivity index (χ4v) is 3.77. The van der Waals surface area contributed by atoms with E-state index in [-0.39, 0.29) is 0 Å². The summed E-state index contributed by atoms with van der Waals surface area (Å²) in [6.07, 6.45) is 2.15. The van der Waals surface area contributed by atoms with E-state index in [9.17, 15) is 0 Å². The fraction of sp³-hybridized carbons (Fsp3) is 0.0769. The summed E-state index contributed by atoms with van der Waals surface area (Å²) in [6, 6.07) is 29.5. The topological polar surface area (TPSA) is 30.2 Å². The molecule has 29 heavy (non-hydrogen) atoms. The third-order valence-corrected chi connectivity index (χ3v) is 5.36. The van der Waals surface area contributed by atoms with Gasteiger partial charge in [0.1, 0.15) is 0 Å². The summed E-state index contributed by atoms with van der Waals surface area (Å²) in [7, 11) is 0. The Morgan fingerprint density at radius 2 is 1.34 bits per heavy atom. The van der Waals surface area contributed by atoms with E-state index < -0.39 is 0 Å². The standard InChI is InChI=1S/C26H21N3/c1-18-12-14-20(15-13-18)24-16-22(23-11-7-6-8-19(23)2)17-29-25(27-28-26(24)29)21-9-4-3-5-10-21/h3-17H,1-2H3. The molecule has 0 aliphatic rings. The van der Waals surface area contributed by atoms with Gasteiger partial charge in [-0.1, -0.05) is 84.4 Å². The van der Waals surface area contributed by atoms with Crippen molar-refractivity contribution >= 4 is 5.65 Å². The zero-order valence-corrected chi connectivity index (χ0v) is 16.5. The molecule has 0 atom stereocenters. The molecule has 0 bridgehead atoms. The van der Waals surface area contributed by atoms with E-state index in [1.807, 2.05) is 18.2 Å². The van der Waals surface area contributed by atoms with Gasteiger partial charge in [0.25, 0.3) is 0 Å².